The number of nitrogens with one attached hydrogen (secondary N) is 2. The van der Waals surface area contributed by atoms with E-state index in [1.165, 1.54) is 6.07 Å². The summed E-state index contributed by atoms with van der Waals surface area (Å²) in [5.74, 6) is 0. The molecule has 1 aromatic rings. The number of nitrogens with two attached hydrogens (primary N) is 1. The van der Waals surface area contributed by atoms with Crippen LogP contribution in [0.3, 0.4) is 0 Å². The highest BCUT2D eigenvalue weighted by Crippen LogP contribution is 2.16. The van der Waals surface area contributed by atoms with Crippen molar-refractivity contribution >= 4 is 5.71 Å². The van der Waals surface area contributed by atoms with E-state index >= 15 is 0 Å². The van der Waals surface area contributed by atoms with Crippen molar-refractivity contribution in [1.29, 1.82) is 5.41 Å². The van der Waals surface area contributed by atoms with Crippen LogP contribution in [0.1, 0.15) is 17.7 Å². The van der Waals surface area contributed by atoms with Crippen molar-refractivity contribution in [2.45, 2.75) is 18.9 Å². The Morgan fingerprint density at radius 1 is 1.46 bits per heavy atom. The van der Waals surface area contributed by atoms with Crippen LogP contribution in [0.25, 0.3) is 0 Å². The molecule has 0 saturated carbocycles. The van der Waals surface area contributed by atoms with Crippen molar-refractivity contribution in [3.8, 4) is 0 Å². The summed E-state index contributed by atoms with van der Waals surface area (Å²) in [6, 6.07) is 3.12. The maximum Gasteiger partial charge on any atom is 0.248 e. The molecule has 4 heteroatoms. The molecule has 0 aromatic carbocycles. The average Bonchev–Trinajstić information content (AvgIpc) is 2.02. The van der Waals surface area contributed by atoms with E-state index in [0.29, 0.717) is 18.6 Å². The summed E-state index contributed by atoms with van der Waals surface area (Å²) in [6.07, 6.45) is 1.26. The van der Waals surface area contributed by atoms with Crippen LogP contribution in [0.5, 0.6) is 0 Å². The smallest absolute Gasteiger partial charge is 0.248 e. The largest absolute Gasteiger partial charge is 0.327 e. The highest BCUT2D eigenvalue weighted by atomic mass is 16.1. The SMILES string of the molecule is N=C1CC(N)Cc2[nH]c(=O)ccc21. The maximum atomic E-state index is 11.0. The average molecular weight is 177 g/mol. The van der Waals surface area contributed by atoms with Gasteiger partial charge >= 0.3 is 0 Å². The first kappa shape index (κ1) is 8.19. The normalized spacial score (nSPS) is 21.3. The Kier molecular flexibility index (Phi) is 1.77. The van der Waals surface area contributed by atoms with Gasteiger partial charge in [-0.15, -0.1) is 0 Å². The van der Waals surface area contributed by atoms with E-state index in [-0.39, 0.29) is 11.6 Å². The van der Waals surface area contributed by atoms with Gasteiger partial charge in [-0.2, -0.15) is 0 Å². The molecule has 1 aromatic heterocycles. The Bertz CT molecular complexity index is 408. The Hall–Kier alpha value is -1.42. The summed E-state index contributed by atoms with van der Waals surface area (Å²) >= 11 is 0. The molecule has 0 aliphatic heterocycles. The summed E-state index contributed by atoms with van der Waals surface area (Å²) in [7, 11) is 0. The van der Waals surface area contributed by atoms with Gasteiger partial charge in [0.1, 0.15) is 0 Å². The van der Waals surface area contributed by atoms with Gasteiger partial charge < -0.3 is 16.1 Å². The molecule has 1 unspecified atom stereocenters. The first-order chi connectivity index (χ1) is 6.16. The number of aromatic amines is 1. The molecule has 2 rings (SSSR count). The van der Waals surface area contributed by atoms with Gasteiger partial charge in [0.2, 0.25) is 5.56 Å². The van der Waals surface area contributed by atoms with Crippen molar-refractivity contribution in [3.63, 3.8) is 0 Å². The molecule has 4 N–H and O–H groups in total. The van der Waals surface area contributed by atoms with E-state index in [2.05, 4.69) is 4.98 Å². The van der Waals surface area contributed by atoms with Gasteiger partial charge in [0, 0.05) is 41.9 Å². The van der Waals surface area contributed by atoms with Crippen molar-refractivity contribution in [2.24, 2.45) is 5.73 Å². The lowest BCUT2D eigenvalue weighted by molar-refractivity contribution is 0.662. The summed E-state index contributed by atoms with van der Waals surface area (Å²) < 4.78 is 0. The predicted molar refractivity (Wildman–Crippen MR) is 50.2 cm³/mol. The molecule has 0 amide bonds. The minimum atomic E-state index is -0.124. The van der Waals surface area contributed by atoms with Crippen molar-refractivity contribution in [3.05, 3.63) is 33.7 Å². The van der Waals surface area contributed by atoms with Crippen LogP contribution in [0.15, 0.2) is 16.9 Å². The second-order valence-corrected chi connectivity index (χ2v) is 3.36. The standard InChI is InChI=1S/C9H11N3O/c10-5-3-7(11)6-1-2-9(13)12-8(6)4-5/h1-2,5,11H,3-4,10H2,(H,12,13). The molecule has 1 aliphatic carbocycles. The third-order valence-electron chi connectivity index (χ3n) is 2.26. The minimum Gasteiger partial charge on any atom is -0.327 e. The van der Waals surface area contributed by atoms with Crippen molar-refractivity contribution in [1.82, 2.24) is 4.98 Å². The molecule has 0 bridgehead atoms. The van der Waals surface area contributed by atoms with Gasteiger partial charge in [-0.1, -0.05) is 0 Å². The summed E-state index contributed by atoms with van der Waals surface area (Å²) in [5, 5.41) is 7.67. The summed E-state index contributed by atoms with van der Waals surface area (Å²) in [6.45, 7) is 0. The van der Waals surface area contributed by atoms with Crippen LogP contribution in [0.2, 0.25) is 0 Å². The van der Waals surface area contributed by atoms with E-state index < -0.39 is 0 Å². The van der Waals surface area contributed by atoms with Crippen molar-refractivity contribution in [2.75, 3.05) is 0 Å². The first-order valence-electron chi connectivity index (χ1n) is 4.22. The van der Waals surface area contributed by atoms with Crippen LogP contribution >= 0.6 is 0 Å². The van der Waals surface area contributed by atoms with Gasteiger partial charge in [0.15, 0.2) is 0 Å². The molecule has 1 atom stereocenters. The van der Waals surface area contributed by atoms with Crippen LogP contribution in [-0.2, 0) is 6.42 Å². The highest BCUT2D eigenvalue weighted by Gasteiger charge is 2.19. The summed E-state index contributed by atoms with van der Waals surface area (Å²) in [4.78, 5) is 13.7. The molecule has 0 spiro atoms. The number of aromatic nitrogens is 1. The fourth-order valence-corrected chi connectivity index (χ4v) is 1.67. The molecule has 4 nitrogen and oxygen atoms in total. The first-order valence-corrected chi connectivity index (χ1v) is 4.22. The highest BCUT2D eigenvalue weighted by molar-refractivity contribution is 6.00. The van der Waals surface area contributed by atoms with Gasteiger partial charge in [-0.05, 0) is 6.07 Å². The Balaban J connectivity index is 2.55. The second-order valence-electron chi connectivity index (χ2n) is 3.36. The van der Waals surface area contributed by atoms with Gasteiger partial charge in [-0.25, -0.2) is 0 Å². The molecular weight excluding hydrogens is 166 g/mol. The molecule has 1 aliphatic rings. The van der Waals surface area contributed by atoms with Crippen LogP contribution in [0.4, 0.5) is 0 Å². The van der Waals surface area contributed by atoms with E-state index in [1.54, 1.807) is 6.07 Å². The third-order valence-corrected chi connectivity index (χ3v) is 2.26. The fraction of sp³-hybridized carbons (Fsp3) is 0.333. The lowest BCUT2D eigenvalue weighted by Crippen LogP contribution is -2.33. The Morgan fingerprint density at radius 2 is 2.23 bits per heavy atom. The fourth-order valence-electron chi connectivity index (χ4n) is 1.67. The second kappa shape index (κ2) is 2.81. The number of pyridine rings is 1. The molecule has 0 saturated heterocycles. The number of H-pyrrole nitrogens is 1. The van der Waals surface area contributed by atoms with E-state index in [0.717, 1.165) is 11.3 Å². The van der Waals surface area contributed by atoms with E-state index in [1.807, 2.05) is 0 Å². The zero-order valence-electron chi connectivity index (χ0n) is 7.13. The molecule has 0 fully saturated rings. The number of rotatable bonds is 0. The Labute approximate surface area is 75.3 Å². The lowest BCUT2D eigenvalue weighted by Gasteiger charge is -2.21. The third kappa shape index (κ3) is 1.40. The van der Waals surface area contributed by atoms with Gasteiger partial charge in [0.05, 0.1) is 0 Å². The van der Waals surface area contributed by atoms with Crippen molar-refractivity contribution < 1.29 is 0 Å². The van der Waals surface area contributed by atoms with Crippen LogP contribution in [0, 0.1) is 5.41 Å². The van der Waals surface area contributed by atoms with E-state index in [9.17, 15) is 4.79 Å². The molecule has 1 heterocycles. The topological polar surface area (TPSA) is 82.7 Å². The number of hydrogen-bond acceptors (Lipinski definition) is 3. The molecule has 13 heavy (non-hydrogen) atoms. The molecule has 0 radical (unpaired) electrons. The van der Waals surface area contributed by atoms with Gasteiger partial charge in [0.25, 0.3) is 0 Å². The maximum absolute atomic E-state index is 11.0. The summed E-state index contributed by atoms with van der Waals surface area (Å²) in [5.41, 5.74) is 7.76. The zero-order chi connectivity index (χ0) is 9.42. The monoisotopic (exact) mass is 177 g/mol. The Morgan fingerprint density at radius 3 is 3.00 bits per heavy atom. The van der Waals surface area contributed by atoms with Crippen LogP contribution in [-0.4, -0.2) is 16.7 Å². The predicted octanol–water partition coefficient (Wildman–Crippen LogP) is 0.0163. The molecular formula is C9H11N3O. The lowest BCUT2D eigenvalue weighted by atomic mass is 9.91. The van der Waals surface area contributed by atoms with Gasteiger partial charge in [-0.3, -0.25) is 4.79 Å². The van der Waals surface area contributed by atoms with Crippen LogP contribution < -0.4 is 11.3 Å². The number of hydrogen-bond donors (Lipinski definition) is 3. The number of fused-ring (bicyclic) bond motifs is 1. The minimum absolute atomic E-state index is 0.0296. The molecule has 68 valence electrons. The van der Waals surface area contributed by atoms with E-state index in [4.69, 9.17) is 11.1 Å². The quantitative estimate of drug-likeness (QED) is 0.522. The zero-order valence-corrected chi connectivity index (χ0v) is 7.13.